The zero-order valence-electron chi connectivity index (χ0n) is 16.0. The molecule has 1 saturated heterocycles. The van der Waals surface area contributed by atoms with Crippen molar-refractivity contribution in [3.8, 4) is 5.75 Å². The molecule has 1 atom stereocenters. The number of carbonyl (C=O) groups is 2. The molecule has 0 bridgehead atoms. The van der Waals surface area contributed by atoms with Gasteiger partial charge in [-0.25, -0.2) is 4.79 Å². The normalized spacial score (nSPS) is 15.8. The van der Waals surface area contributed by atoms with Crippen molar-refractivity contribution >= 4 is 17.6 Å². The molecular formula is C22H25NO5. The van der Waals surface area contributed by atoms with Crippen molar-refractivity contribution in [2.75, 3.05) is 25.1 Å². The standard InChI is InChI=1S/C22H25NO5/c1-2-16-5-9-18(10-6-16)23-21(24)15-28-22(25)17-7-11-19(12-8-17)27-14-20-4-3-13-26-20/h5-12,20H,2-4,13-15H2,1H3,(H,23,24)/t20-/m0/s1. The van der Waals surface area contributed by atoms with Crippen LogP contribution in [0.25, 0.3) is 0 Å². The number of benzene rings is 2. The Morgan fingerprint density at radius 1 is 1.11 bits per heavy atom. The fourth-order valence-corrected chi connectivity index (χ4v) is 2.89. The van der Waals surface area contributed by atoms with Crippen molar-refractivity contribution in [1.82, 2.24) is 0 Å². The molecule has 148 valence electrons. The molecule has 1 heterocycles. The first-order chi connectivity index (χ1) is 13.6. The third kappa shape index (κ3) is 5.82. The van der Waals surface area contributed by atoms with Crippen LogP contribution in [0, 0.1) is 0 Å². The third-order valence-corrected chi connectivity index (χ3v) is 4.53. The third-order valence-electron chi connectivity index (χ3n) is 4.53. The highest BCUT2D eigenvalue weighted by Gasteiger charge is 2.16. The first-order valence-electron chi connectivity index (χ1n) is 9.54. The second-order valence-corrected chi connectivity index (χ2v) is 6.65. The van der Waals surface area contributed by atoms with Crippen LogP contribution in [0.3, 0.4) is 0 Å². The Hall–Kier alpha value is -2.86. The predicted molar refractivity (Wildman–Crippen MR) is 106 cm³/mol. The lowest BCUT2D eigenvalue weighted by Gasteiger charge is -2.11. The van der Waals surface area contributed by atoms with E-state index >= 15 is 0 Å². The van der Waals surface area contributed by atoms with E-state index in [0.29, 0.717) is 23.6 Å². The van der Waals surface area contributed by atoms with Gasteiger partial charge in [0.05, 0.1) is 11.7 Å². The number of esters is 1. The molecule has 28 heavy (non-hydrogen) atoms. The number of rotatable bonds is 8. The van der Waals surface area contributed by atoms with Gasteiger partial charge in [-0.05, 0) is 61.2 Å². The van der Waals surface area contributed by atoms with Gasteiger partial charge in [0.1, 0.15) is 12.4 Å². The molecule has 2 aromatic rings. The number of hydrogen-bond acceptors (Lipinski definition) is 5. The molecule has 0 aromatic heterocycles. The molecule has 0 aliphatic carbocycles. The van der Waals surface area contributed by atoms with E-state index in [4.69, 9.17) is 14.2 Å². The summed E-state index contributed by atoms with van der Waals surface area (Å²) < 4.78 is 16.2. The Labute approximate surface area is 164 Å². The number of aryl methyl sites for hydroxylation is 1. The van der Waals surface area contributed by atoms with Crippen LogP contribution < -0.4 is 10.1 Å². The molecule has 1 N–H and O–H groups in total. The van der Waals surface area contributed by atoms with Gasteiger partial charge < -0.3 is 19.5 Å². The lowest BCUT2D eigenvalue weighted by atomic mass is 10.1. The minimum atomic E-state index is -0.554. The summed E-state index contributed by atoms with van der Waals surface area (Å²) in [5.41, 5.74) is 2.23. The van der Waals surface area contributed by atoms with Crippen LogP contribution >= 0.6 is 0 Å². The maximum Gasteiger partial charge on any atom is 0.338 e. The minimum Gasteiger partial charge on any atom is -0.491 e. The van der Waals surface area contributed by atoms with Crippen molar-refractivity contribution < 1.29 is 23.8 Å². The summed E-state index contributed by atoms with van der Waals surface area (Å²) in [6, 6.07) is 14.2. The molecule has 1 fully saturated rings. The van der Waals surface area contributed by atoms with Crippen LogP contribution in [-0.2, 0) is 20.7 Å². The monoisotopic (exact) mass is 383 g/mol. The SMILES string of the molecule is CCc1ccc(NC(=O)COC(=O)c2ccc(OC[C@@H]3CCCO3)cc2)cc1. The molecule has 3 rings (SSSR count). The highest BCUT2D eigenvalue weighted by atomic mass is 16.5. The van der Waals surface area contributed by atoms with E-state index in [2.05, 4.69) is 12.2 Å². The fraction of sp³-hybridized carbons (Fsp3) is 0.364. The van der Waals surface area contributed by atoms with Crippen molar-refractivity contribution in [2.24, 2.45) is 0 Å². The number of ether oxygens (including phenoxy) is 3. The number of hydrogen-bond donors (Lipinski definition) is 1. The van der Waals surface area contributed by atoms with Gasteiger partial charge in [0.15, 0.2) is 6.61 Å². The maximum atomic E-state index is 12.1. The van der Waals surface area contributed by atoms with Crippen molar-refractivity contribution in [2.45, 2.75) is 32.3 Å². The maximum absolute atomic E-state index is 12.1. The summed E-state index contributed by atoms with van der Waals surface area (Å²) in [7, 11) is 0. The summed E-state index contributed by atoms with van der Waals surface area (Å²) in [6.45, 7) is 3.01. The summed E-state index contributed by atoms with van der Waals surface area (Å²) in [4.78, 5) is 24.0. The first kappa shape index (κ1) is 19.9. The summed E-state index contributed by atoms with van der Waals surface area (Å²) in [5.74, 6) is -0.267. The van der Waals surface area contributed by atoms with Gasteiger partial charge in [-0.3, -0.25) is 4.79 Å². The van der Waals surface area contributed by atoms with E-state index in [1.54, 1.807) is 24.3 Å². The zero-order valence-corrected chi connectivity index (χ0v) is 16.0. The Kier molecular flexibility index (Phi) is 7.03. The van der Waals surface area contributed by atoms with Crippen molar-refractivity contribution in [1.29, 1.82) is 0 Å². The highest BCUT2D eigenvalue weighted by molar-refractivity contribution is 5.95. The minimum absolute atomic E-state index is 0.140. The van der Waals surface area contributed by atoms with E-state index in [1.807, 2.05) is 24.3 Å². The predicted octanol–water partition coefficient (Wildman–Crippen LogP) is 3.60. The molecule has 6 nitrogen and oxygen atoms in total. The average molecular weight is 383 g/mol. The van der Waals surface area contributed by atoms with E-state index in [1.165, 1.54) is 5.56 Å². The molecule has 1 aliphatic rings. The summed E-state index contributed by atoms with van der Waals surface area (Å²) in [6.07, 6.45) is 3.15. The van der Waals surface area contributed by atoms with Gasteiger partial charge in [0.25, 0.3) is 5.91 Å². The van der Waals surface area contributed by atoms with Gasteiger partial charge in [0.2, 0.25) is 0 Å². The van der Waals surface area contributed by atoms with Crippen LogP contribution in [0.2, 0.25) is 0 Å². The molecule has 0 saturated carbocycles. The van der Waals surface area contributed by atoms with Gasteiger partial charge in [-0.15, -0.1) is 0 Å². The van der Waals surface area contributed by atoms with E-state index < -0.39 is 5.97 Å². The summed E-state index contributed by atoms with van der Waals surface area (Å²) >= 11 is 0. The van der Waals surface area contributed by atoms with Crippen LogP contribution in [0.1, 0.15) is 35.7 Å². The van der Waals surface area contributed by atoms with E-state index in [9.17, 15) is 9.59 Å². The van der Waals surface area contributed by atoms with Crippen LogP contribution in [-0.4, -0.2) is 37.8 Å². The van der Waals surface area contributed by atoms with Crippen LogP contribution in [0.4, 0.5) is 5.69 Å². The van der Waals surface area contributed by atoms with Crippen molar-refractivity contribution in [3.05, 3.63) is 59.7 Å². The fourth-order valence-electron chi connectivity index (χ4n) is 2.89. The summed E-state index contributed by atoms with van der Waals surface area (Å²) in [5, 5.41) is 2.70. The lowest BCUT2D eigenvalue weighted by molar-refractivity contribution is -0.119. The first-order valence-corrected chi connectivity index (χ1v) is 9.54. The largest absolute Gasteiger partial charge is 0.491 e. The number of nitrogens with one attached hydrogen (secondary N) is 1. The Morgan fingerprint density at radius 3 is 2.50 bits per heavy atom. The molecule has 6 heteroatoms. The molecule has 0 spiro atoms. The molecule has 1 amide bonds. The molecule has 2 aromatic carbocycles. The average Bonchev–Trinajstić information content (AvgIpc) is 3.25. The highest BCUT2D eigenvalue weighted by Crippen LogP contribution is 2.17. The smallest absolute Gasteiger partial charge is 0.338 e. The van der Waals surface area contributed by atoms with Crippen LogP contribution in [0.5, 0.6) is 5.75 Å². The zero-order chi connectivity index (χ0) is 19.8. The Morgan fingerprint density at radius 2 is 1.86 bits per heavy atom. The number of carbonyl (C=O) groups excluding carboxylic acids is 2. The topological polar surface area (TPSA) is 73.9 Å². The van der Waals surface area contributed by atoms with E-state index in [0.717, 1.165) is 25.9 Å². The lowest BCUT2D eigenvalue weighted by Crippen LogP contribution is -2.21. The van der Waals surface area contributed by atoms with Gasteiger partial charge in [0, 0.05) is 12.3 Å². The molecule has 0 radical (unpaired) electrons. The van der Waals surface area contributed by atoms with Gasteiger partial charge in [-0.1, -0.05) is 19.1 Å². The van der Waals surface area contributed by atoms with Gasteiger partial charge >= 0.3 is 5.97 Å². The number of anilines is 1. The van der Waals surface area contributed by atoms with Gasteiger partial charge in [-0.2, -0.15) is 0 Å². The Balaban J connectivity index is 1.42. The number of amides is 1. The Bertz CT molecular complexity index is 780. The second kappa shape index (κ2) is 9.90. The second-order valence-electron chi connectivity index (χ2n) is 6.65. The van der Waals surface area contributed by atoms with E-state index in [-0.39, 0.29) is 18.6 Å². The quantitative estimate of drug-likeness (QED) is 0.705. The van der Waals surface area contributed by atoms with Crippen LogP contribution in [0.15, 0.2) is 48.5 Å². The molecule has 1 aliphatic heterocycles. The van der Waals surface area contributed by atoms with Crippen molar-refractivity contribution in [3.63, 3.8) is 0 Å². The molecule has 0 unspecified atom stereocenters. The molecular weight excluding hydrogens is 358 g/mol.